The standard InChI is InChI=1S/C12H13BrN4O/c13-11-7-15-8-17-12(11)16-5-6-18-10-3-1-9(14)2-4-10/h1-4,7-8H,5-6,14H2,(H,15,16,17). The predicted octanol–water partition coefficient (Wildman–Crippen LogP) is 2.31. The molecule has 6 heteroatoms. The maximum Gasteiger partial charge on any atom is 0.143 e. The molecule has 1 heterocycles. The number of halogens is 1. The number of nitrogens with two attached hydrogens (primary N) is 1. The molecule has 0 fully saturated rings. The van der Waals surface area contributed by atoms with E-state index < -0.39 is 0 Å². The molecule has 0 bridgehead atoms. The van der Waals surface area contributed by atoms with Crippen molar-refractivity contribution in [2.24, 2.45) is 0 Å². The third-order valence-corrected chi connectivity index (χ3v) is 2.79. The molecule has 1 aromatic heterocycles. The lowest BCUT2D eigenvalue weighted by Crippen LogP contribution is -2.12. The van der Waals surface area contributed by atoms with E-state index in [-0.39, 0.29) is 0 Å². The van der Waals surface area contributed by atoms with Crippen LogP contribution in [0.15, 0.2) is 41.3 Å². The summed E-state index contributed by atoms with van der Waals surface area (Å²) in [6.45, 7) is 1.19. The van der Waals surface area contributed by atoms with E-state index in [1.807, 2.05) is 24.3 Å². The first-order chi connectivity index (χ1) is 8.75. The molecule has 5 nitrogen and oxygen atoms in total. The van der Waals surface area contributed by atoms with Gasteiger partial charge in [0.05, 0.1) is 11.0 Å². The molecule has 0 aliphatic heterocycles. The molecule has 2 aromatic rings. The summed E-state index contributed by atoms with van der Waals surface area (Å²) in [5, 5.41) is 3.15. The average Bonchev–Trinajstić information content (AvgIpc) is 2.39. The normalized spacial score (nSPS) is 10.1. The Morgan fingerprint density at radius 2 is 2.06 bits per heavy atom. The van der Waals surface area contributed by atoms with Crippen LogP contribution in [-0.2, 0) is 0 Å². The minimum absolute atomic E-state index is 0.542. The van der Waals surface area contributed by atoms with E-state index in [0.29, 0.717) is 13.2 Å². The number of hydrogen-bond donors (Lipinski definition) is 2. The molecule has 0 spiro atoms. The zero-order chi connectivity index (χ0) is 12.8. The summed E-state index contributed by atoms with van der Waals surface area (Å²) in [5.41, 5.74) is 6.31. The van der Waals surface area contributed by atoms with Crippen LogP contribution in [0.3, 0.4) is 0 Å². The molecule has 0 saturated heterocycles. The van der Waals surface area contributed by atoms with Gasteiger partial charge in [-0.25, -0.2) is 9.97 Å². The number of nitrogen functional groups attached to an aromatic ring is 1. The zero-order valence-electron chi connectivity index (χ0n) is 9.64. The van der Waals surface area contributed by atoms with Crippen molar-refractivity contribution < 1.29 is 4.74 Å². The first-order valence-corrected chi connectivity index (χ1v) is 6.23. The van der Waals surface area contributed by atoms with E-state index in [9.17, 15) is 0 Å². The number of benzene rings is 1. The first-order valence-electron chi connectivity index (χ1n) is 5.43. The van der Waals surface area contributed by atoms with E-state index in [2.05, 4.69) is 31.2 Å². The van der Waals surface area contributed by atoms with Crippen molar-refractivity contribution in [2.45, 2.75) is 0 Å². The summed E-state index contributed by atoms with van der Waals surface area (Å²) in [5.74, 6) is 1.55. The van der Waals surface area contributed by atoms with Gasteiger partial charge < -0.3 is 15.8 Å². The van der Waals surface area contributed by atoms with Crippen LogP contribution in [0.2, 0.25) is 0 Å². The van der Waals surface area contributed by atoms with Crippen molar-refractivity contribution in [2.75, 3.05) is 24.2 Å². The van der Waals surface area contributed by atoms with Gasteiger partial charge in [0, 0.05) is 11.9 Å². The molecule has 18 heavy (non-hydrogen) atoms. The van der Waals surface area contributed by atoms with Crippen LogP contribution in [-0.4, -0.2) is 23.1 Å². The molecule has 1 aromatic carbocycles. The highest BCUT2D eigenvalue weighted by Crippen LogP contribution is 2.17. The quantitative estimate of drug-likeness (QED) is 0.655. The summed E-state index contributed by atoms with van der Waals surface area (Å²) in [4.78, 5) is 7.98. The lowest BCUT2D eigenvalue weighted by atomic mass is 10.3. The molecule has 2 rings (SSSR count). The Bertz CT molecular complexity index is 504. The van der Waals surface area contributed by atoms with Gasteiger partial charge in [0.25, 0.3) is 0 Å². The minimum atomic E-state index is 0.542. The highest BCUT2D eigenvalue weighted by atomic mass is 79.9. The van der Waals surface area contributed by atoms with Gasteiger partial charge in [0.2, 0.25) is 0 Å². The molecule has 94 valence electrons. The first kappa shape index (κ1) is 12.6. The van der Waals surface area contributed by atoms with Gasteiger partial charge in [-0.2, -0.15) is 0 Å². The number of nitrogens with one attached hydrogen (secondary N) is 1. The Morgan fingerprint density at radius 3 is 2.78 bits per heavy atom. The number of rotatable bonds is 5. The largest absolute Gasteiger partial charge is 0.492 e. The van der Waals surface area contributed by atoms with Gasteiger partial charge in [-0.3, -0.25) is 0 Å². The Labute approximate surface area is 114 Å². The Kier molecular flexibility index (Phi) is 4.35. The van der Waals surface area contributed by atoms with Crippen LogP contribution in [0.25, 0.3) is 0 Å². The minimum Gasteiger partial charge on any atom is -0.492 e. The summed E-state index contributed by atoms with van der Waals surface area (Å²) in [7, 11) is 0. The number of ether oxygens (including phenoxy) is 1. The molecule has 0 aliphatic rings. The summed E-state index contributed by atoms with van der Waals surface area (Å²) in [6, 6.07) is 7.30. The SMILES string of the molecule is Nc1ccc(OCCNc2ncncc2Br)cc1. The predicted molar refractivity (Wildman–Crippen MR) is 74.6 cm³/mol. The Morgan fingerprint density at radius 1 is 1.28 bits per heavy atom. The average molecular weight is 309 g/mol. The van der Waals surface area contributed by atoms with Gasteiger partial charge in [-0.05, 0) is 40.2 Å². The topological polar surface area (TPSA) is 73.1 Å². The highest BCUT2D eigenvalue weighted by Gasteiger charge is 1.99. The molecular formula is C12H13BrN4O. The fourth-order valence-corrected chi connectivity index (χ4v) is 1.71. The van der Waals surface area contributed by atoms with Crippen LogP contribution in [0.4, 0.5) is 11.5 Å². The van der Waals surface area contributed by atoms with Crippen LogP contribution in [0.5, 0.6) is 5.75 Å². The third-order valence-electron chi connectivity index (χ3n) is 2.21. The monoisotopic (exact) mass is 308 g/mol. The van der Waals surface area contributed by atoms with Gasteiger partial charge in [-0.15, -0.1) is 0 Å². The fraction of sp³-hybridized carbons (Fsp3) is 0.167. The molecule has 0 amide bonds. The van der Waals surface area contributed by atoms with Crippen LogP contribution in [0.1, 0.15) is 0 Å². The molecule has 0 aliphatic carbocycles. The number of aromatic nitrogens is 2. The summed E-state index contributed by atoms with van der Waals surface area (Å²) in [6.07, 6.45) is 3.18. The molecule has 0 saturated carbocycles. The number of anilines is 2. The number of hydrogen-bond acceptors (Lipinski definition) is 5. The van der Waals surface area contributed by atoms with Crippen LogP contribution >= 0.6 is 15.9 Å². The second kappa shape index (κ2) is 6.20. The van der Waals surface area contributed by atoms with E-state index in [1.165, 1.54) is 6.33 Å². The Hall–Kier alpha value is -1.82. The van der Waals surface area contributed by atoms with Crippen molar-refractivity contribution in [3.63, 3.8) is 0 Å². The van der Waals surface area contributed by atoms with Crippen LogP contribution < -0.4 is 15.8 Å². The van der Waals surface area contributed by atoms with Gasteiger partial charge in [-0.1, -0.05) is 0 Å². The van der Waals surface area contributed by atoms with Crippen molar-refractivity contribution in [3.05, 3.63) is 41.3 Å². The second-order valence-corrected chi connectivity index (χ2v) is 4.42. The maximum absolute atomic E-state index is 5.59. The summed E-state index contributed by atoms with van der Waals surface area (Å²) >= 11 is 3.36. The van der Waals surface area contributed by atoms with Gasteiger partial charge in [0.15, 0.2) is 0 Å². The third kappa shape index (κ3) is 3.59. The summed E-state index contributed by atoms with van der Waals surface area (Å²) < 4.78 is 6.38. The second-order valence-electron chi connectivity index (χ2n) is 3.56. The fourth-order valence-electron chi connectivity index (χ4n) is 1.35. The van der Waals surface area contributed by atoms with E-state index in [1.54, 1.807) is 6.20 Å². The molecule has 0 atom stereocenters. The van der Waals surface area contributed by atoms with E-state index in [4.69, 9.17) is 10.5 Å². The molecule has 3 N–H and O–H groups in total. The van der Waals surface area contributed by atoms with Gasteiger partial charge in [0.1, 0.15) is 24.5 Å². The van der Waals surface area contributed by atoms with E-state index >= 15 is 0 Å². The van der Waals surface area contributed by atoms with Crippen LogP contribution in [0, 0.1) is 0 Å². The highest BCUT2D eigenvalue weighted by molar-refractivity contribution is 9.10. The lowest BCUT2D eigenvalue weighted by Gasteiger charge is -2.08. The molecular weight excluding hydrogens is 296 g/mol. The lowest BCUT2D eigenvalue weighted by molar-refractivity contribution is 0.333. The zero-order valence-corrected chi connectivity index (χ0v) is 11.2. The Balaban J connectivity index is 1.76. The molecule has 0 radical (unpaired) electrons. The smallest absolute Gasteiger partial charge is 0.143 e. The van der Waals surface area contributed by atoms with Crippen molar-refractivity contribution >= 4 is 27.4 Å². The van der Waals surface area contributed by atoms with Crippen molar-refractivity contribution in [3.8, 4) is 5.75 Å². The van der Waals surface area contributed by atoms with Crippen molar-refractivity contribution in [1.29, 1.82) is 0 Å². The van der Waals surface area contributed by atoms with Gasteiger partial charge >= 0.3 is 0 Å². The maximum atomic E-state index is 5.59. The molecule has 0 unspecified atom stereocenters. The van der Waals surface area contributed by atoms with Crippen molar-refractivity contribution in [1.82, 2.24) is 9.97 Å². The van der Waals surface area contributed by atoms with E-state index in [0.717, 1.165) is 21.7 Å². The number of nitrogens with zero attached hydrogens (tertiary/aromatic N) is 2.